The number of fused-ring (bicyclic) bond motifs is 1. The molecule has 0 spiro atoms. The number of rotatable bonds is 2. The van der Waals surface area contributed by atoms with Gasteiger partial charge < -0.3 is 5.11 Å². The van der Waals surface area contributed by atoms with Crippen LogP contribution in [0.3, 0.4) is 0 Å². The van der Waals surface area contributed by atoms with Crippen molar-refractivity contribution in [3.05, 3.63) is 47.8 Å². The molecule has 0 aliphatic heterocycles. The topological polar surface area (TPSA) is 20.2 Å². The van der Waals surface area contributed by atoms with Gasteiger partial charge >= 0.3 is 0 Å². The number of aliphatic hydroxyl groups is 1. The third-order valence-corrected chi connectivity index (χ3v) is 3.76. The first-order valence-electron chi connectivity index (χ1n) is 5.99. The molecule has 2 aromatic rings. The average molecular weight is 230 g/mol. The first-order valence-corrected chi connectivity index (χ1v) is 5.99. The van der Waals surface area contributed by atoms with Crippen molar-refractivity contribution < 1.29 is 9.50 Å². The molecular weight excluding hydrogens is 215 g/mol. The highest BCUT2D eigenvalue weighted by atomic mass is 19.1. The molecule has 1 unspecified atom stereocenters. The van der Waals surface area contributed by atoms with Gasteiger partial charge in [-0.1, -0.05) is 18.2 Å². The Labute approximate surface area is 99.9 Å². The minimum absolute atomic E-state index is 0.223. The van der Waals surface area contributed by atoms with E-state index < -0.39 is 5.60 Å². The van der Waals surface area contributed by atoms with E-state index in [1.165, 1.54) is 12.1 Å². The second kappa shape index (κ2) is 3.54. The molecule has 1 fully saturated rings. The van der Waals surface area contributed by atoms with Crippen molar-refractivity contribution in [2.45, 2.75) is 25.4 Å². The number of benzene rings is 2. The molecule has 0 radical (unpaired) electrons. The highest BCUT2D eigenvalue weighted by molar-refractivity contribution is 5.83. The van der Waals surface area contributed by atoms with Gasteiger partial charge in [-0.3, -0.25) is 0 Å². The van der Waals surface area contributed by atoms with Gasteiger partial charge in [0.05, 0.1) is 5.60 Å². The maximum absolute atomic E-state index is 13.1. The van der Waals surface area contributed by atoms with Crippen molar-refractivity contribution in [3.63, 3.8) is 0 Å². The molecule has 0 heterocycles. The summed E-state index contributed by atoms with van der Waals surface area (Å²) in [6.45, 7) is 1.87. The molecule has 0 aromatic heterocycles. The zero-order valence-corrected chi connectivity index (χ0v) is 9.78. The van der Waals surface area contributed by atoms with E-state index >= 15 is 0 Å². The monoisotopic (exact) mass is 230 g/mol. The van der Waals surface area contributed by atoms with Gasteiger partial charge in [0, 0.05) is 0 Å². The van der Waals surface area contributed by atoms with Crippen LogP contribution in [0.4, 0.5) is 4.39 Å². The molecule has 1 N–H and O–H groups in total. The molecule has 1 saturated carbocycles. The minimum Gasteiger partial charge on any atom is -0.385 e. The lowest BCUT2D eigenvalue weighted by molar-refractivity contribution is 0.0332. The van der Waals surface area contributed by atoms with Gasteiger partial charge in [-0.2, -0.15) is 0 Å². The Morgan fingerprint density at radius 1 is 1.12 bits per heavy atom. The lowest BCUT2D eigenvalue weighted by Crippen LogP contribution is -2.23. The Balaban J connectivity index is 2.10. The van der Waals surface area contributed by atoms with Crippen LogP contribution in [0.15, 0.2) is 36.4 Å². The summed E-state index contributed by atoms with van der Waals surface area (Å²) in [5, 5.41) is 12.3. The van der Waals surface area contributed by atoms with E-state index in [1.54, 1.807) is 6.07 Å². The summed E-state index contributed by atoms with van der Waals surface area (Å²) in [5.74, 6) is 0.152. The molecule has 0 bridgehead atoms. The Hall–Kier alpha value is -1.41. The Bertz CT molecular complexity index is 570. The summed E-state index contributed by atoms with van der Waals surface area (Å²) < 4.78 is 13.1. The van der Waals surface area contributed by atoms with E-state index in [-0.39, 0.29) is 5.82 Å². The second-order valence-corrected chi connectivity index (χ2v) is 5.13. The van der Waals surface area contributed by atoms with Crippen LogP contribution in [0.25, 0.3) is 10.8 Å². The zero-order chi connectivity index (χ0) is 12.0. The fourth-order valence-corrected chi connectivity index (χ4v) is 2.41. The summed E-state index contributed by atoms with van der Waals surface area (Å²) in [4.78, 5) is 0. The average Bonchev–Trinajstić information content (AvgIpc) is 3.12. The smallest absolute Gasteiger partial charge is 0.123 e. The normalized spacial score (nSPS) is 19.2. The molecule has 1 atom stereocenters. The van der Waals surface area contributed by atoms with Crippen LogP contribution in [0.2, 0.25) is 0 Å². The summed E-state index contributed by atoms with van der Waals surface area (Å²) in [6.07, 6.45) is 2.18. The summed E-state index contributed by atoms with van der Waals surface area (Å²) in [6, 6.07) is 10.5. The van der Waals surface area contributed by atoms with Crippen molar-refractivity contribution >= 4 is 10.8 Å². The van der Waals surface area contributed by atoms with Crippen molar-refractivity contribution in [1.82, 2.24) is 0 Å². The van der Waals surface area contributed by atoms with Gasteiger partial charge in [-0.15, -0.1) is 0 Å². The molecule has 0 amide bonds. The van der Waals surface area contributed by atoms with Gasteiger partial charge in [-0.05, 0) is 60.2 Å². The predicted molar refractivity (Wildman–Crippen MR) is 66.2 cm³/mol. The van der Waals surface area contributed by atoms with Crippen LogP contribution in [0, 0.1) is 11.7 Å². The van der Waals surface area contributed by atoms with Gasteiger partial charge in [0.15, 0.2) is 0 Å². The Kier molecular flexibility index (Phi) is 2.23. The van der Waals surface area contributed by atoms with Crippen molar-refractivity contribution in [3.8, 4) is 0 Å². The van der Waals surface area contributed by atoms with Gasteiger partial charge in [0.25, 0.3) is 0 Å². The molecule has 1 aliphatic carbocycles. The lowest BCUT2D eigenvalue weighted by Gasteiger charge is -2.24. The highest BCUT2D eigenvalue weighted by Crippen LogP contribution is 2.45. The van der Waals surface area contributed by atoms with Crippen molar-refractivity contribution in [2.75, 3.05) is 0 Å². The predicted octanol–water partition coefficient (Wildman–Crippen LogP) is 3.60. The van der Waals surface area contributed by atoms with E-state index in [9.17, 15) is 9.50 Å². The van der Waals surface area contributed by atoms with Crippen LogP contribution in [-0.2, 0) is 5.60 Å². The third-order valence-electron chi connectivity index (χ3n) is 3.76. The summed E-state index contributed by atoms with van der Waals surface area (Å²) in [5.41, 5.74) is 0.182. The van der Waals surface area contributed by atoms with Gasteiger partial charge in [0.2, 0.25) is 0 Å². The van der Waals surface area contributed by atoms with E-state index in [4.69, 9.17) is 0 Å². The van der Waals surface area contributed by atoms with Gasteiger partial charge in [-0.25, -0.2) is 4.39 Å². The molecule has 1 nitrogen and oxygen atoms in total. The van der Waals surface area contributed by atoms with Crippen molar-refractivity contribution in [2.24, 2.45) is 5.92 Å². The third kappa shape index (κ3) is 1.83. The number of hydrogen-bond acceptors (Lipinski definition) is 1. The fraction of sp³-hybridized carbons (Fsp3) is 0.333. The minimum atomic E-state index is -0.747. The molecular formula is C15H15FO. The summed E-state index contributed by atoms with van der Waals surface area (Å²) >= 11 is 0. The molecule has 1 aliphatic rings. The Morgan fingerprint density at radius 2 is 1.76 bits per heavy atom. The first kappa shape index (κ1) is 10.7. The molecule has 0 saturated heterocycles. The number of hydrogen-bond donors (Lipinski definition) is 1. The molecule has 17 heavy (non-hydrogen) atoms. The van der Waals surface area contributed by atoms with Crippen LogP contribution in [0.1, 0.15) is 25.3 Å². The van der Waals surface area contributed by atoms with E-state index in [0.29, 0.717) is 5.92 Å². The van der Waals surface area contributed by atoms with Crippen molar-refractivity contribution in [1.29, 1.82) is 0 Å². The van der Waals surface area contributed by atoms with Gasteiger partial charge in [0.1, 0.15) is 5.82 Å². The molecule has 2 aromatic carbocycles. The first-order chi connectivity index (χ1) is 8.07. The van der Waals surface area contributed by atoms with Crippen LogP contribution in [0.5, 0.6) is 0 Å². The fourth-order valence-electron chi connectivity index (χ4n) is 2.41. The largest absolute Gasteiger partial charge is 0.385 e. The quantitative estimate of drug-likeness (QED) is 0.835. The maximum atomic E-state index is 13.1. The number of halogens is 1. The van der Waals surface area contributed by atoms with E-state index in [1.807, 2.05) is 25.1 Å². The molecule has 88 valence electrons. The maximum Gasteiger partial charge on any atom is 0.123 e. The van der Waals surface area contributed by atoms with Crippen LogP contribution >= 0.6 is 0 Å². The van der Waals surface area contributed by atoms with Crippen LogP contribution in [-0.4, -0.2) is 5.11 Å². The Morgan fingerprint density at radius 3 is 2.47 bits per heavy atom. The van der Waals surface area contributed by atoms with Crippen LogP contribution < -0.4 is 0 Å². The van der Waals surface area contributed by atoms with E-state index in [0.717, 1.165) is 29.2 Å². The second-order valence-electron chi connectivity index (χ2n) is 5.13. The highest BCUT2D eigenvalue weighted by Gasteiger charge is 2.41. The standard InChI is InChI=1S/C15H15FO/c1-15(17,12-5-6-12)13-4-2-11-9-14(16)7-3-10(11)8-13/h2-4,7-9,12,17H,5-6H2,1H3. The SMILES string of the molecule is CC(O)(c1ccc2cc(F)ccc2c1)C1CC1. The van der Waals surface area contributed by atoms with E-state index in [2.05, 4.69) is 0 Å². The molecule has 2 heteroatoms. The summed E-state index contributed by atoms with van der Waals surface area (Å²) in [7, 11) is 0. The zero-order valence-electron chi connectivity index (χ0n) is 9.78. The lowest BCUT2D eigenvalue weighted by atomic mass is 9.89. The molecule has 3 rings (SSSR count).